The first-order valence-electron chi connectivity index (χ1n) is 5.00. The average Bonchev–Trinajstić information content (AvgIpc) is 2.16. The van der Waals surface area contributed by atoms with Gasteiger partial charge in [-0.1, -0.05) is 19.8 Å². The van der Waals surface area contributed by atoms with Crippen LogP contribution in [0.3, 0.4) is 0 Å². The lowest BCUT2D eigenvalue weighted by Crippen LogP contribution is -2.02. The molecule has 0 fully saturated rings. The Kier molecular flexibility index (Phi) is 11.0. The highest BCUT2D eigenvalue weighted by atomic mass is 16.7. The summed E-state index contributed by atoms with van der Waals surface area (Å²) < 4.78 is 10.4. The Labute approximate surface area is 81.6 Å². The molecule has 0 amide bonds. The maximum absolute atomic E-state index is 5.24. The Morgan fingerprint density at radius 3 is 2.38 bits per heavy atom. The molecule has 0 bridgehead atoms. The maximum atomic E-state index is 5.24. The zero-order valence-corrected chi connectivity index (χ0v) is 8.55. The third-order valence-corrected chi connectivity index (χ3v) is 1.67. The molecule has 76 valence electrons. The van der Waals surface area contributed by atoms with Crippen molar-refractivity contribution in [3.05, 3.63) is 0 Å². The normalized spacial score (nSPS) is 9.85. The van der Waals surface area contributed by atoms with Gasteiger partial charge in [0.2, 0.25) is 0 Å². The molecule has 0 rings (SSSR count). The van der Waals surface area contributed by atoms with Gasteiger partial charge in [-0.3, -0.25) is 0 Å². The highest BCUT2D eigenvalue weighted by molar-refractivity contribution is 4.82. The standard InChI is InChI=1S/C11H20O2/c1-3-5-7-9-12-11-13-10-8-6-4-2/h1H,4-11H2,2H3. The predicted octanol–water partition coefficient (Wildman–Crippen LogP) is 2.58. The maximum Gasteiger partial charge on any atom is 0.146 e. The van der Waals surface area contributed by atoms with Crippen molar-refractivity contribution in [2.45, 2.75) is 39.0 Å². The van der Waals surface area contributed by atoms with Crippen LogP contribution in [0.4, 0.5) is 0 Å². The minimum atomic E-state index is 0.411. The first-order chi connectivity index (χ1) is 6.41. The molecule has 0 radical (unpaired) electrons. The summed E-state index contributed by atoms with van der Waals surface area (Å²) in [5.74, 6) is 2.57. The molecule has 0 aromatic carbocycles. The largest absolute Gasteiger partial charge is 0.355 e. The van der Waals surface area contributed by atoms with E-state index in [-0.39, 0.29) is 0 Å². The van der Waals surface area contributed by atoms with Crippen molar-refractivity contribution in [2.75, 3.05) is 20.0 Å². The molecule has 0 aliphatic heterocycles. The van der Waals surface area contributed by atoms with Crippen LogP contribution in [0.2, 0.25) is 0 Å². The van der Waals surface area contributed by atoms with Crippen molar-refractivity contribution in [1.82, 2.24) is 0 Å². The summed E-state index contributed by atoms with van der Waals surface area (Å²) in [6, 6.07) is 0. The smallest absolute Gasteiger partial charge is 0.146 e. The summed E-state index contributed by atoms with van der Waals surface area (Å²) >= 11 is 0. The molecule has 0 aliphatic carbocycles. The minimum Gasteiger partial charge on any atom is -0.355 e. The Morgan fingerprint density at radius 2 is 1.77 bits per heavy atom. The van der Waals surface area contributed by atoms with Gasteiger partial charge in [0.05, 0.1) is 6.61 Å². The lowest BCUT2D eigenvalue weighted by molar-refractivity contribution is -0.0548. The van der Waals surface area contributed by atoms with Crippen molar-refractivity contribution in [3.63, 3.8) is 0 Å². The number of hydrogen-bond acceptors (Lipinski definition) is 2. The molecule has 0 heterocycles. The topological polar surface area (TPSA) is 18.5 Å². The zero-order chi connectivity index (χ0) is 9.78. The molecule has 0 saturated carbocycles. The van der Waals surface area contributed by atoms with Gasteiger partial charge in [-0.2, -0.15) is 0 Å². The van der Waals surface area contributed by atoms with Crippen LogP contribution in [0, 0.1) is 12.3 Å². The summed E-state index contributed by atoms with van der Waals surface area (Å²) in [6.07, 6.45) is 10.4. The Hall–Kier alpha value is -0.520. The number of ether oxygens (including phenoxy) is 2. The molecule has 0 saturated heterocycles. The highest BCUT2D eigenvalue weighted by Gasteiger charge is 1.89. The molecular weight excluding hydrogens is 164 g/mol. The first kappa shape index (κ1) is 12.5. The molecule has 0 spiro atoms. The Morgan fingerprint density at radius 1 is 1.08 bits per heavy atom. The van der Waals surface area contributed by atoms with Crippen LogP contribution in [0.25, 0.3) is 0 Å². The fourth-order valence-corrected chi connectivity index (χ4v) is 0.907. The predicted molar refractivity (Wildman–Crippen MR) is 54.4 cm³/mol. The van der Waals surface area contributed by atoms with Gasteiger partial charge < -0.3 is 9.47 Å². The molecular formula is C11H20O2. The van der Waals surface area contributed by atoms with Crippen molar-refractivity contribution < 1.29 is 9.47 Å². The number of hydrogen-bond donors (Lipinski definition) is 0. The van der Waals surface area contributed by atoms with E-state index in [0.717, 1.165) is 25.9 Å². The van der Waals surface area contributed by atoms with E-state index in [4.69, 9.17) is 15.9 Å². The summed E-state index contributed by atoms with van der Waals surface area (Å²) in [6.45, 7) is 4.10. The van der Waals surface area contributed by atoms with Crippen molar-refractivity contribution in [2.24, 2.45) is 0 Å². The van der Waals surface area contributed by atoms with E-state index in [1.165, 1.54) is 12.8 Å². The van der Waals surface area contributed by atoms with E-state index in [0.29, 0.717) is 13.4 Å². The Bertz CT molecular complexity index is 127. The first-order valence-corrected chi connectivity index (χ1v) is 5.00. The molecule has 0 N–H and O–H groups in total. The molecule has 2 heteroatoms. The van der Waals surface area contributed by atoms with Crippen LogP contribution in [0.15, 0.2) is 0 Å². The van der Waals surface area contributed by atoms with Gasteiger partial charge in [0.1, 0.15) is 6.79 Å². The quantitative estimate of drug-likeness (QED) is 0.311. The molecule has 0 aliphatic rings. The van der Waals surface area contributed by atoms with Crippen LogP contribution in [0.5, 0.6) is 0 Å². The zero-order valence-electron chi connectivity index (χ0n) is 8.55. The Balaban J connectivity index is 2.80. The van der Waals surface area contributed by atoms with E-state index < -0.39 is 0 Å². The fraction of sp³-hybridized carbons (Fsp3) is 0.818. The molecule has 0 atom stereocenters. The molecule has 2 nitrogen and oxygen atoms in total. The van der Waals surface area contributed by atoms with E-state index >= 15 is 0 Å². The van der Waals surface area contributed by atoms with Gasteiger partial charge in [-0.05, 0) is 12.8 Å². The second-order valence-corrected chi connectivity index (χ2v) is 2.95. The third kappa shape index (κ3) is 11.5. The van der Waals surface area contributed by atoms with Crippen molar-refractivity contribution in [1.29, 1.82) is 0 Å². The SMILES string of the molecule is C#CCCCOCOCCCCC. The van der Waals surface area contributed by atoms with Gasteiger partial charge in [0.25, 0.3) is 0 Å². The fourth-order valence-electron chi connectivity index (χ4n) is 0.907. The monoisotopic (exact) mass is 184 g/mol. The van der Waals surface area contributed by atoms with Crippen LogP contribution < -0.4 is 0 Å². The molecule has 13 heavy (non-hydrogen) atoms. The number of terminal acetylenes is 1. The van der Waals surface area contributed by atoms with Crippen molar-refractivity contribution >= 4 is 0 Å². The summed E-state index contributed by atoms with van der Waals surface area (Å²) in [4.78, 5) is 0. The van der Waals surface area contributed by atoms with Crippen LogP contribution in [-0.2, 0) is 9.47 Å². The number of unbranched alkanes of at least 4 members (excludes halogenated alkanes) is 3. The summed E-state index contributed by atoms with van der Waals surface area (Å²) in [7, 11) is 0. The number of rotatable bonds is 9. The van der Waals surface area contributed by atoms with Crippen molar-refractivity contribution in [3.8, 4) is 12.3 Å². The van der Waals surface area contributed by atoms with E-state index in [2.05, 4.69) is 12.8 Å². The van der Waals surface area contributed by atoms with Gasteiger partial charge in [-0.15, -0.1) is 12.3 Å². The highest BCUT2D eigenvalue weighted by Crippen LogP contribution is 1.94. The lowest BCUT2D eigenvalue weighted by Gasteiger charge is -2.04. The van der Waals surface area contributed by atoms with Gasteiger partial charge in [-0.25, -0.2) is 0 Å². The molecule has 0 aromatic heterocycles. The van der Waals surface area contributed by atoms with E-state index in [1.807, 2.05) is 0 Å². The summed E-state index contributed by atoms with van der Waals surface area (Å²) in [5, 5.41) is 0. The second kappa shape index (κ2) is 11.5. The molecule has 0 unspecified atom stereocenters. The third-order valence-electron chi connectivity index (χ3n) is 1.67. The van der Waals surface area contributed by atoms with Gasteiger partial charge in [0, 0.05) is 13.0 Å². The lowest BCUT2D eigenvalue weighted by atomic mass is 10.3. The minimum absolute atomic E-state index is 0.411. The van der Waals surface area contributed by atoms with E-state index in [1.54, 1.807) is 0 Å². The van der Waals surface area contributed by atoms with Gasteiger partial charge >= 0.3 is 0 Å². The van der Waals surface area contributed by atoms with Gasteiger partial charge in [0.15, 0.2) is 0 Å². The van der Waals surface area contributed by atoms with Crippen LogP contribution in [0.1, 0.15) is 39.0 Å². The summed E-state index contributed by atoms with van der Waals surface area (Å²) in [5.41, 5.74) is 0. The second-order valence-electron chi connectivity index (χ2n) is 2.95. The van der Waals surface area contributed by atoms with Crippen LogP contribution >= 0.6 is 0 Å². The van der Waals surface area contributed by atoms with Crippen LogP contribution in [-0.4, -0.2) is 20.0 Å². The average molecular weight is 184 g/mol. The van der Waals surface area contributed by atoms with E-state index in [9.17, 15) is 0 Å². The molecule has 0 aromatic rings.